The van der Waals surface area contributed by atoms with Crippen molar-refractivity contribution < 1.29 is 76.7 Å². The number of hydrogen-bond donors (Lipinski definition) is 2. The van der Waals surface area contributed by atoms with Gasteiger partial charge in [0.1, 0.15) is 0 Å². The Morgan fingerprint density at radius 2 is 1.03 bits per heavy atom. The summed E-state index contributed by atoms with van der Waals surface area (Å²) in [5, 5.41) is 19.9. The van der Waals surface area contributed by atoms with Crippen molar-refractivity contribution in [1.29, 1.82) is 0 Å². The van der Waals surface area contributed by atoms with Crippen molar-refractivity contribution in [3.05, 3.63) is 0 Å². The zero-order valence-corrected chi connectivity index (χ0v) is 27.2. The molecular weight excluding hydrogens is 682 g/mol. The second-order valence-electron chi connectivity index (χ2n) is 13.4. The summed E-state index contributed by atoms with van der Waals surface area (Å²) in [6.45, 7) is 0. The van der Waals surface area contributed by atoms with Crippen LogP contribution in [0.25, 0.3) is 0 Å². The van der Waals surface area contributed by atoms with Gasteiger partial charge < -0.3 is 67.1 Å². The predicted molar refractivity (Wildman–Crippen MR) is 133 cm³/mol. The Bertz CT molecular complexity index is 703. The smallest absolute Gasteiger partial charge is 0.310 e. The zero-order valence-electron chi connectivity index (χ0n) is 22.9. The fourth-order valence-electron chi connectivity index (χ4n) is 9.02. The maximum absolute atomic E-state index is 13.4. The van der Waals surface area contributed by atoms with Crippen molar-refractivity contribution in [3.63, 3.8) is 0 Å². The number of carboxylic acid groups (broad SMARTS) is 2. The van der Waals surface area contributed by atoms with Crippen LogP contribution in [0.2, 0.25) is 0 Å². The number of halogens is 2. The molecule has 4 aliphatic heterocycles. The van der Waals surface area contributed by atoms with E-state index in [9.17, 15) is 14.7 Å². The maximum Gasteiger partial charge on any atom is 0.310 e. The molecule has 36 heavy (non-hydrogen) atoms. The summed E-state index contributed by atoms with van der Waals surface area (Å²) in [6, 6.07) is 2.47. The molecule has 4 bridgehead atoms. The summed E-state index contributed by atoms with van der Waals surface area (Å²) < 4.78 is 2.19. The minimum Gasteiger partial charge on any atom is -1.00 e. The van der Waals surface area contributed by atoms with Gasteiger partial charge in [-0.05, 0) is 24.7 Å². The number of fused-ring (bicyclic) bond motifs is 4. The van der Waals surface area contributed by atoms with E-state index in [2.05, 4.69) is 28.2 Å². The number of nitrogens with zero attached hydrogens (tertiary/aromatic N) is 2. The van der Waals surface area contributed by atoms with E-state index < -0.39 is 17.4 Å². The van der Waals surface area contributed by atoms with E-state index >= 15 is 0 Å². The van der Waals surface area contributed by atoms with Gasteiger partial charge in [-0.25, -0.2) is 0 Å². The van der Waals surface area contributed by atoms with E-state index in [4.69, 9.17) is 5.11 Å². The van der Waals surface area contributed by atoms with Crippen molar-refractivity contribution in [2.75, 3.05) is 28.2 Å². The SMILES string of the molecule is C[N+]1(C)C2CCC1CC(C(CCCCCCCC(=O)O)(C(=O)O)C1CC3CCC(C1)[N+]3(C)C)C2.[I-].[I-]. The number of rotatable bonds is 11. The molecule has 0 aliphatic carbocycles. The van der Waals surface area contributed by atoms with Crippen molar-refractivity contribution in [2.24, 2.45) is 17.3 Å². The van der Waals surface area contributed by atoms with Gasteiger partial charge in [0.05, 0.1) is 57.8 Å². The van der Waals surface area contributed by atoms with Gasteiger partial charge in [-0.1, -0.05) is 25.7 Å². The molecule has 4 aliphatic rings. The molecule has 4 heterocycles. The van der Waals surface area contributed by atoms with Crippen LogP contribution < -0.4 is 48.0 Å². The van der Waals surface area contributed by atoms with E-state index in [1.54, 1.807) is 0 Å². The van der Waals surface area contributed by atoms with Crippen LogP contribution in [0.3, 0.4) is 0 Å². The first-order valence-electron chi connectivity index (χ1n) is 14.1. The van der Waals surface area contributed by atoms with Gasteiger partial charge >= 0.3 is 11.9 Å². The van der Waals surface area contributed by atoms with Crippen LogP contribution in [0.4, 0.5) is 0 Å². The number of unbranched alkanes of at least 4 members (excludes halogenated alkanes) is 4. The van der Waals surface area contributed by atoms with Crippen molar-refractivity contribution in [3.8, 4) is 0 Å². The van der Waals surface area contributed by atoms with E-state index in [0.717, 1.165) is 73.2 Å². The number of piperidine rings is 2. The van der Waals surface area contributed by atoms with Crippen LogP contribution in [-0.4, -0.2) is 83.5 Å². The lowest BCUT2D eigenvalue weighted by molar-refractivity contribution is -0.933. The third-order valence-corrected chi connectivity index (χ3v) is 11.5. The molecule has 4 unspecified atom stereocenters. The van der Waals surface area contributed by atoms with Crippen LogP contribution in [0.1, 0.15) is 96.3 Å². The molecule has 0 saturated carbocycles. The van der Waals surface area contributed by atoms with Gasteiger partial charge in [-0.2, -0.15) is 0 Å². The van der Waals surface area contributed by atoms with Gasteiger partial charge in [0.15, 0.2) is 0 Å². The molecule has 0 spiro atoms. The highest BCUT2D eigenvalue weighted by atomic mass is 127. The van der Waals surface area contributed by atoms with E-state index in [1.807, 2.05) is 0 Å². The Kier molecular flexibility index (Phi) is 11.4. The molecule has 210 valence electrons. The van der Waals surface area contributed by atoms with Gasteiger partial charge in [0, 0.05) is 57.8 Å². The summed E-state index contributed by atoms with van der Waals surface area (Å²) in [5.74, 6) is -0.615. The first-order valence-corrected chi connectivity index (χ1v) is 14.1. The quantitative estimate of drug-likeness (QED) is 0.161. The number of aliphatic carboxylic acids is 2. The molecule has 0 radical (unpaired) electrons. The van der Waals surface area contributed by atoms with Gasteiger partial charge in [0.25, 0.3) is 0 Å². The number of hydrogen-bond acceptors (Lipinski definition) is 2. The van der Waals surface area contributed by atoms with Crippen LogP contribution in [0.15, 0.2) is 0 Å². The van der Waals surface area contributed by atoms with E-state index in [1.165, 1.54) is 25.7 Å². The molecule has 4 fully saturated rings. The lowest BCUT2D eigenvalue weighted by Gasteiger charge is -2.54. The molecular formula is C28H50I2N2O4. The van der Waals surface area contributed by atoms with Crippen molar-refractivity contribution >= 4 is 11.9 Å². The van der Waals surface area contributed by atoms with Crippen LogP contribution in [-0.2, 0) is 9.59 Å². The maximum atomic E-state index is 13.4. The molecule has 0 amide bonds. The molecule has 4 rings (SSSR count). The lowest BCUT2D eigenvalue weighted by Crippen LogP contribution is -3.00. The molecule has 8 heteroatoms. The topological polar surface area (TPSA) is 74.6 Å². The highest BCUT2D eigenvalue weighted by Crippen LogP contribution is 2.58. The van der Waals surface area contributed by atoms with E-state index in [-0.39, 0.29) is 54.4 Å². The second-order valence-corrected chi connectivity index (χ2v) is 13.4. The Balaban J connectivity index is 0.00000228. The van der Waals surface area contributed by atoms with Crippen LogP contribution in [0, 0.1) is 17.3 Å². The zero-order chi connectivity index (χ0) is 24.7. The predicted octanol–water partition coefficient (Wildman–Crippen LogP) is -1.08. The number of quaternary nitrogens is 2. The summed E-state index contributed by atoms with van der Waals surface area (Å²) >= 11 is 0. The average Bonchev–Trinajstić information content (AvgIpc) is 3.03. The third kappa shape index (κ3) is 6.06. The fraction of sp³-hybridized carbons (Fsp3) is 0.929. The van der Waals surface area contributed by atoms with Crippen LogP contribution >= 0.6 is 0 Å². The van der Waals surface area contributed by atoms with Crippen LogP contribution in [0.5, 0.6) is 0 Å². The largest absolute Gasteiger partial charge is 1.00 e. The molecule has 0 aromatic heterocycles. The highest BCUT2D eigenvalue weighted by molar-refractivity contribution is 5.75. The molecule has 0 aromatic rings. The Labute approximate surface area is 253 Å². The summed E-state index contributed by atoms with van der Waals surface area (Å²) in [5.41, 5.74) is -0.580. The van der Waals surface area contributed by atoms with Gasteiger partial charge in [0.2, 0.25) is 0 Å². The summed E-state index contributed by atoms with van der Waals surface area (Å²) in [6.07, 6.45) is 15.1. The molecule has 4 saturated heterocycles. The normalized spacial score (nSPS) is 35.2. The standard InChI is InChI=1S/C28H48N2O4.2HI/c1-29(2)22-11-12-23(29)17-20(16-22)28(27(33)34,15-9-7-5-6-8-10-26(31)32)21-18-24-13-14-25(19-21)30(24,3)4;;/h20-25H,5-19H2,1-4H3;2*1H. The Morgan fingerprint density at radius 1 is 0.667 bits per heavy atom. The van der Waals surface area contributed by atoms with E-state index in [0.29, 0.717) is 36.0 Å². The Hall–Kier alpha value is 0.320. The van der Waals surface area contributed by atoms with Gasteiger partial charge in [-0.15, -0.1) is 0 Å². The van der Waals surface area contributed by atoms with Crippen molar-refractivity contribution in [2.45, 2.75) is 120 Å². The minimum absolute atomic E-state index is 0. The fourth-order valence-corrected chi connectivity index (χ4v) is 9.02. The summed E-state index contributed by atoms with van der Waals surface area (Å²) in [7, 11) is 9.50. The minimum atomic E-state index is -0.716. The molecule has 2 N–H and O–H groups in total. The first kappa shape index (κ1) is 32.5. The monoisotopic (exact) mass is 732 g/mol. The number of carboxylic acids is 2. The second kappa shape index (κ2) is 12.7. The Morgan fingerprint density at radius 3 is 1.39 bits per heavy atom. The first-order chi connectivity index (χ1) is 16.0. The highest BCUT2D eigenvalue weighted by Gasteiger charge is 2.62. The summed E-state index contributed by atoms with van der Waals surface area (Å²) in [4.78, 5) is 24.2. The number of carbonyl (C=O) groups is 2. The third-order valence-electron chi connectivity index (χ3n) is 11.5. The molecule has 4 atom stereocenters. The lowest BCUT2D eigenvalue weighted by atomic mass is 9.56. The molecule has 6 nitrogen and oxygen atoms in total. The molecule has 0 aromatic carbocycles. The van der Waals surface area contributed by atoms with Crippen molar-refractivity contribution in [1.82, 2.24) is 0 Å². The van der Waals surface area contributed by atoms with Gasteiger partial charge in [-0.3, -0.25) is 9.59 Å². The average molecular weight is 733 g/mol.